The van der Waals surface area contributed by atoms with Crippen LogP contribution in [-0.2, 0) is 9.59 Å². The van der Waals surface area contributed by atoms with Crippen molar-refractivity contribution < 1.29 is 14.7 Å². The van der Waals surface area contributed by atoms with Crippen LogP contribution in [0.15, 0.2) is 48.3 Å². The number of nitrogens with zero attached hydrogens (tertiary/aromatic N) is 4. The van der Waals surface area contributed by atoms with Gasteiger partial charge in [-0.1, -0.05) is 35.1 Å². The minimum Gasteiger partial charge on any atom is -0.507 e. The molecule has 0 bridgehead atoms. The Labute approximate surface area is 171 Å². The van der Waals surface area contributed by atoms with Gasteiger partial charge in [0.1, 0.15) is 10.8 Å². The van der Waals surface area contributed by atoms with Gasteiger partial charge in [-0.2, -0.15) is 0 Å². The van der Waals surface area contributed by atoms with Crippen LogP contribution in [0.5, 0.6) is 0 Å². The smallest absolute Gasteiger partial charge is 0.301 e. The van der Waals surface area contributed by atoms with Crippen LogP contribution in [0.25, 0.3) is 5.76 Å². The number of pyridine rings is 1. The minimum absolute atomic E-state index is 0.0181. The summed E-state index contributed by atoms with van der Waals surface area (Å²) in [5.41, 5.74) is 2.88. The molecule has 1 N–H and O–H groups in total. The number of aryl methyl sites for hydroxylation is 3. The molecule has 1 atom stereocenters. The molecule has 7 nitrogen and oxygen atoms in total. The average molecular weight is 406 g/mol. The molecule has 8 heteroatoms. The van der Waals surface area contributed by atoms with Crippen LogP contribution in [0.1, 0.15) is 33.3 Å². The first-order chi connectivity index (χ1) is 13.9. The molecule has 1 aromatic carbocycles. The molecule has 0 saturated carbocycles. The number of anilines is 1. The van der Waals surface area contributed by atoms with Crippen molar-refractivity contribution in [3.63, 3.8) is 0 Å². The monoisotopic (exact) mass is 406 g/mol. The molecule has 3 heterocycles. The van der Waals surface area contributed by atoms with E-state index in [9.17, 15) is 14.7 Å². The van der Waals surface area contributed by atoms with Crippen molar-refractivity contribution in [1.29, 1.82) is 0 Å². The van der Waals surface area contributed by atoms with Crippen LogP contribution >= 0.6 is 11.3 Å². The van der Waals surface area contributed by atoms with Gasteiger partial charge >= 0.3 is 5.91 Å². The maximum atomic E-state index is 13.0. The first-order valence-corrected chi connectivity index (χ1v) is 9.79. The maximum Gasteiger partial charge on any atom is 0.301 e. The predicted octanol–water partition coefficient (Wildman–Crippen LogP) is 3.48. The first-order valence-electron chi connectivity index (χ1n) is 8.97. The van der Waals surface area contributed by atoms with E-state index in [4.69, 9.17) is 0 Å². The summed E-state index contributed by atoms with van der Waals surface area (Å²) in [4.78, 5) is 31.4. The van der Waals surface area contributed by atoms with Crippen molar-refractivity contribution in [3.05, 3.63) is 75.6 Å². The van der Waals surface area contributed by atoms with Crippen LogP contribution in [0.4, 0.5) is 5.13 Å². The third-order valence-corrected chi connectivity index (χ3v) is 5.65. The van der Waals surface area contributed by atoms with Gasteiger partial charge in [-0.3, -0.25) is 19.5 Å². The number of aliphatic hydroxyl groups excluding tert-OH is 1. The van der Waals surface area contributed by atoms with E-state index in [1.54, 1.807) is 37.5 Å². The Hall–Kier alpha value is -3.39. The fourth-order valence-electron chi connectivity index (χ4n) is 3.40. The molecule has 3 aromatic rings. The zero-order valence-electron chi connectivity index (χ0n) is 16.1. The number of hydrogen-bond acceptors (Lipinski definition) is 7. The predicted molar refractivity (Wildman–Crippen MR) is 110 cm³/mol. The van der Waals surface area contributed by atoms with E-state index >= 15 is 0 Å². The lowest BCUT2D eigenvalue weighted by molar-refractivity contribution is -0.132. The van der Waals surface area contributed by atoms with E-state index in [1.165, 1.54) is 16.2 Å². The van der Waals surface area contributed by atoms with Crippen LogP contribution in [0.2, 0.25) is 0 Å². The molecule has 1 amide bonds. The van der Waals surface area contributed by atoms with E-state index in [1.807, 2.05) is 26.0 Å². The summed E-state index contributed by atoms with van der Waals surface area (Å²) in [6.45, 7) is 5.52. The SMILES string of the molecule is Cc1ccc(C)c(/C(O)=C2\C(=O)C(=O)N(c3nnc(C)s3)C2c2cccnc2)c1. The molecule has 2 aromatic heterocycles. The van der Waals surface area contributed by atoms with Gasteiger partial charge in [-0.05, 0) is 44.0 Å². The number of ketones is 1. The molecule has 146 valence electrons. The summed E-state index contributed by atoms with van der Waals surface area (Å²) in [6.07, 6.45) is 3.18. The molecule has 0 spiro atoms. The van der Waals surface area contributed by atoms with Crippen molar-refractivity contribution in [2.75, 3.05) is 4.90 Å². The highest BCUT2D eigenvalue weighted by Gasteiger charge is 2.48. The van der Waals surface area contributed by atoms with Crippen LogP contribution in [0, 0.1) is 20.8 Å². The Morgan fingerprint density at radius 3 is 2.59 bits per heavy atom. The average Bonchev–Trinajstić information content (AvgIpc) is 3.25. The number of aromatic nitrogens is 3. The highest BCUT2D eigenvalue weighted by molar-refractivity contribution is 7.15. The topological polar surface area (TPSA) is 96.3 Å². The Morgan fingerprint density at radius 1 is 1.14 bits per heavy atom. The van der Waals surface area contributed by atoms with Gasteiger partial charge < -0.3 is 5.11 Å². The molecule has 1 saturated heterocycles. The largest absolute Gasteiger partial charge is 0.507 e. The van der Waals surface area contributed by atoms with Crippen molar-refractivity contribution in [2.45, 2.75) is 26.8 Å². The van der Waals surface area contributed by atoms with Gasteiger partial charge in [0.05, 0.1) is 11.6 Å². The summed E-state index contributed by atoms with van der Waals surface area (Å²) < 4.78 is 0. The van der Waals surface area contributed by atoms with Crippen molar-refractivity contribution >= 4 is 33.9 Å². The van der Waals surface area contributed by atoms with Gasteiger partial charge in [0.2, 0.25) is 5.13 Å². The second-order valence-electron chi connectivity index (χ2n) is 6.88. The number of carbonyl (C=O) groups excluding carboxylic acids is 2. The molecule has 1 aliphatic rings. The van der Waals surface area contributed by atoms with E-state index in [-0.39, 0.29) is 11.3 Å². The molecular formula is C21H18N4O3S. The van der Waals surface area contributed by atoms with Crippen molar-refractivity contribution in [3.8, 4) is 0 Å². The standard InChI is InChI=1S/C21H18N4O3S/c1-11-6-7-12(2)15(9-11)18(26)16-17(14-5-4-8-22-10-14)25(20(28)19(16)27)21-24-23-13(3)29-21/h4-10,17,26H,1-3H3/b18-16+. The van der Waals surface area contributed by atoms with Gasteiger partial charge in [-0.15, -0.1) is 10.2 Å². The highest BCUT2D eigenvalue weighted by Crippen LogP contribution is 2.43. The number of benzene rings is 1. The van der Waals surface area contributed by atoms with Crippen LogP contribution < -0.4 is 4.90 Å². The van der Waals surface area contributed by atoms with Gasteiger partial charge in [0.25, 0.3) is 5.78 Å². The molecule has 0 radical (unpaired) electrons. The maximum absolute atomic E-state index is 13.0. The lowest BCUT2D eigenvalue weighted by Gasteiger charge is -2.22. The molecule has 1 aliphatic heterocycles. The zero-order chi connectivity index (χ0) is 20.7. The number of rotatable bonds is 3. The van der Waals surface area contributed by atoms with Crippen molar-refractivity contribution in [2.24, 2.45) is 0 Å². The Bertz CT molecular complexity index is 1150. The summed E-state index contributed by atoms with van der Waals surface area (Å²) in [7, 11) is 0. The van der Waals surface area contributed by atoms with Crippen molar-refractivity contribution in [1.82, 2.24) is 15.2 Å². The van der Waals surface area contributed by atoms with Gasteiger partial charge in [0.15, 0.2) is 0 Å². The second-order valence-corrected chi connectivity index (χ2v) is 8.04. The van der Waals surface area contributed by atoms with Gasteiger partial charge in [-0.25, -0.2) is 0 Å². The fraction of sp³-hybridized carbons (Fsp3) is 0.190. The van der Waals surface area contributed by atoms with E-state index in [2.05, 4.69) is 15.2 Å². The number of aliphatic hydroxyl groups is 1. The summed E-state index contributed by atoms with van der Waals surface area (Å²) in [5, 5.41) is 20.1. The molecule has 1 fully saturated rings. The third-order valence-electron chi connectivity index (χ3n) is 4.81. The fourth-order valence-corrected chi connectivity index (χ4v) is 4.12. The molecule has 0 aliphatic carbocycles. The highest BCUT2D eigenvalue weighted by atomic mass is 32.1. The molecule has 4 rings (SSSR count). The van der Waals surface area contributed by atoms with Gasteiger partial charge in [0, 0.05) is 18.0 Å². The summed E-state index contributed by atoms with van der Waals surface area (Å²) in [6, 6.07) is 8.24. The normalized spacial score (nSPS) is 18.4. The second kappa shape index (κ2) is 7.21. The lowest BCUT2D eigenvalue weighted by Crippen LogP contribution is -2.29. The minimum atomic E-state index is -0.837. The molecule has 1 unspecified atom stereocenters. The van der Waals surface area contributed by atoms with E-state index < -0.39 is 17.7 Å². The Morgan fingerprint density at radius 2 is 1.93 bits per heavy atom. The number of amides is 1. The number of carbonyl (C=O) groups is 2. The first kappa shape index (κ1) is 18.9. The van der Waals surface area contributed by atoms with Crippen LogP contribution in [0.3, 0.4) is 0 Å². The van der Waals surface area contributed by atoms with Crippen LogP contribution in [-0.4, -0.2) is 32.0 Å². The summed E-state index contributed by atoms with van der Waals surface area (Å²) in [5.74, 6) is -1.71. The van der Waals surface area contributed by atoms with E-state index in [0.717, 1.165) is 11.1 Å². The molecule has 29 heavy (non-hydrogen) atoms. The van der Waals surface area contributed by atoms with E-state index in [0.29, 0.717) is 21.3 Å². The number of Topliss-reactive ketones (excluding diaryl/α,β-unsaturated/α-hetero) is 1. The summed E-state index contributed by atoms with van der Waals surface area (Å²) >= 11 is 1.21. The Kier molecular flexibility index (Phi) is 4.71. The third kappa shape index (κ3) is 3.21. The zero-order valence-corrected chi connectivity index (χ0v) is 16.9. The number of hydrogen-bond donors (Lipinski definition) is 1. The Balaban J connectivity index is 1.97. The lowest BCUT2D eigenvalue weighted by atomic mass is 9.94. The molecular weight excluding hydrogens is 388 g/mol. The quantitative estimate of drug-likeness (QED) is 0.406.